The Bertz CT molecular complexity index is 1490. The highest BCUT2D eigenvalue weighted by atomic mass is 16.5. The van der Waals surface area contributed by atoms with Gasteiger partial charge in [0.15, 0.2) is 30.0 Å². The molecule has 2 atom stereocenters. The van der Waals surface area contributed by atoms with Crippen LogP contribution in [0.15, 0.2) is 67.0 Å². The Labute approximate surface area is 240 Å². The van der Waals surface area contributed by atoms with Crippen LogP contribution in [0.2, 0.25) is 0 Å². The average Bonchev–Trinajstić information content (AvgIpc) is 2.99. The molecule has 0 saturated carbocycles. The Morgan fingerprint density at radius 1 is 1.05 bits per heavy atom. The summed E-state index contributed by atoms with van der Waals surface area (Å²) in [5.74, 6) is 0.893. The van der Waals surface area contributed by atoms with Crippen molar-refractivity contribution >= 4 is 17.2 Å². The summed E-state index contributed by atoms with van der Waals surface area (Å²) < 4.78 is 10.9. The summed E-state index contributed by atoms with van der Waals surface area (Å²) in [6.45, 7) is 18.3. The van der Waals surface area contributed by atoms with E-state index in [0.717, 1.165) is 43.5 Å². The van der Waals surface area contributed by atoms with Gasteiger partial charge < -0.3 is 4.74 Å². The molecule has 0 bridgehead atoms. The highest BCUT2D eigenvalue weighted by molar-refractivity contribution is 5.74. The maximum atomic E-state index is 8.03. The van der Waals surface area contributed by atoms with Crippen LogP contribution in [0.3, 0.4) is 0 Å². The number of hydrogen-bond donors (Lipinski definition) is 1. The fourth-order valence-corrected chi connectivity index (χ4v) is 7.05. The Morgan fingerprint density at radius 3 is 2.50 bits per heavy atom. The van der Waals surface area contributed by atoms with Gasteiger partial charge in [0, 0.05) is 36.6 Å². The van der Waals surface area contributed by atoms with Crippen molar-refractivity contribution in [3.63, 3.8) is 0 Å². The maximum Gasteiger partial charge on any atom is 0.217 e. The first-order valence-electron chi connectivity index (χ1n) is 15.0. The number of aryl methyl sites for hydroxylation is 2. The number of hydrogen-bond acceptors (Lipinski definition) is 2. The second-order valence-electron chi connectivity index (χ2n) is 11.6. The standard InChI is InChI=1S/C36H45N3O/c1-8-27(9-2)31-21-38-25(6)36-30-14-12-11-13-29(30)33-17-15-23(4)20-39(33)34(36)18-16-28(10-3)32(22-40-26(7)37)35(38)19-24(31)5/h11-15,17,19-21,27,34,36-37H,6,8-10,16,18,22H2,1-5,7H3/q+2/b32-28-,37-26?. The summed E-state index contributed by atoms with van der Waals surface area (Å²) in [5.41, 5.74) is 12.8. The molecule has 2 aromatic heterocycles. The van der Waals surface area contributed by atoms with E-state index in [1.54, 1.807) is 6.92 Å². The molecule has 4 heteroatoms. The molecule has 4 heterocycles. The lowest BCUT2D eigenvalue weighted by atomic mass is 9.79. The van der Waals surface area contributed by atoms with Crippen molar-refractivity contribution in [1.82, 2.24) is 0 Å². The predicted molar refractivity (Wildman–Crippen MR) is 164 cm³/mol. The molecule has 0 saturated heterocycles. The van der Waals surface area contributed by atoms with Gasteiger partial charge in [-0.15, -0.1) is 0 Å². The summed E-state index contributed by atoms with van der Waals surface area (Å²) in [6, 6.07) is 16.1. The molecule has 5 rings (SSSR count). The van der Waals surface area contributed by atoms with Crippen molar-refractivity contribution in [3.05, 3.63) is 95.0 Å². The Kier molecular flexibility index (Phi) is 8.07. The van der Waals surface area contributed by atoms with Gasteiger partial charge in [-0.05, 0) is 75.3 Å². The second kappa shape index (κ2) is 11.5. The van der Waals surface area contributed by atoms with Crippen LogP contribution in [-0.4, -0.2) is 12.5 Å². The highest BCUT2D eigenvalue weighted by Crippen LogP contribution is 2.45. The van der Waals surface area contributed by atoms with Gasteiger partial charge in [0.2, 0.25) is 11.4 Å². The summed E-state index contributed by atoms with van der Waals surface area (Å²) in [4.78, 5) is 0. The van der Waals surface area contributed by atoms with E-state index in [-0.39, 0.29) is 17.9 Å². The number of rotatable bonds is 6. The number of ether oxygens (including phenoxy) is 1. The van der Waals surface area contributed by atoms with Gasteiger partial charge in [0.25, 0.3) is 0 Å². The van der Waals surface area contributed by atoms with Crippen molar-refractivity contribution in [1.29, 1.82) is 5.41 Å². The molecule has 2 aliphatic rings. The Morgan fingerprint density at radius 2 is 1.80 bits per heavy atom. The van der Waals surface area contributed by atoms with Gasteiger partial charge in [-0.2, -0.15) is 9.13 Å². The number of allylic oxidation sites excluding steroid dienone is 2. The summed E-state index contributed by atoms with van der Waals surface area (Å²) in [7, 11) is 0. The molecular formula is C36H45N3O+2. The molecule has 0 spiro atoms. The third-order valence-corrected chi connectivity index (χ3v) is 9.21. The van der Waals surface area contributed by atoms with E-state index in [4.69, 9.17) is 16.7 Å². The topological polar surface area (TPSA) is 40.8 Å². The number of fused-ring (bicyclic) bond motifs is 7. The second-order valence-corrected chi connectivity index (χ2v) is 11.6. The first-order valence-corrected chi connectivity index (χ1v) is 15.0. The minimum absolute atomic E-state index is 0.138. The molecule has 0 amide bonds. The number of benzene rings is 1. The largest absolute Gasteiger partial charge is 0.476 e. The molecule has 2 unspecified atom stereocenters. The number of nitrogens with zero attached hydrogens (tertiary/aromatic N) is 2. The third kappa shape index (κ3) is 4.93. The van der Waals surface area contributed by atoms with Crippen molar-refractivity contribution < 1.29 is 13.9 Å². The van der Waals surface area contributed by atoms with Crippen LogP contribution in [0.5, 0.6) is 0 Å². The SMILES string of the molecule is C=C1C2c3ccccc3-c3ccc(C)c[n+]3C2CC/C(CC)=C(/COC(C)=N)c2cc(C)c(C(CC)CC)c[n+]21. The fourth-order valence-electron chi connectivity index (χ4n) is 7.05. The van der Waals surface area contributed by atoms with Gasteiger partial charge >= 0.3 is 0 Å². The van der Waals surface area contributed by atoms with E-state index in [0.29, 0.717) is 12.5 Å². The molecule has 0 aliphatic carbocycles. The van der Waals surface area contributed by atoms with E-state index in [9.17, 15) is 0 Å². The van der Waals surface area contributed by atoms with E-state index < -0.39 is 0 Å². The van der Waals surface area contributed by atoms with Crippen LogP contribution >= 0.6 is 0 Å². The zero-order valence-corrected chi connectivity index (χ0v) is 25.2. The quantitative estimate of drug-likeness (QED) is 0.193. The van der Waals surface area contributed by atoms with Gasteiger partial charge in [-0.25, -0.2) is 0 Å². The number of aromatic nitrogens is 2. The van der Waals surface area contributed by atoms with Crippen molar-refractivity contribution in [2.45, 2.75) is 91.5 Å². The van der Waals surface area contributed by atoms with Crippen LogP contribution in [0.25, 0.3) is 22.5 Å². The molecule has 1 N–H and O–H groups in total. The molecule has 0 fully saturated rings. The minimum Gasteiger partial charge on any atom is -0.476 e. The van der Waals surface area contributed by atoms with Gasteiger partial charge in [0.05, 0.1) is 11.1 Å². The van der Waals surface area contributed by atoms with Crippen molar-refractivity contribution in [2.24, 2.45) is 0 Å². The summed E-state index contributed by atoms with van der Waals surface area (Å²) in [5, 5.41) is 8.03. The molecule has 1 aromatic carbocycles. The lowest BCUT2D eigenvalue weighted by Crippen LogP contribution is -2.51. The molecule has 3 aromatic rings. The monoisotopic (exact) mass is 535 g/mol. The molecule has 0 radical (unpaired) electrons. The smallest absolute Gasteiger partial charge is 0.217 e. The minimum atomic E-state index is 0.138. The summed E-state index contributed by atoms with van der Waals surface area (Å²) in [6.07, 6.45) is 9.89. The highest BCUT2D eigenvalue weighted by Gasteiger charge is 2.46. The molecule has 2 aliphatic heterocycles. The van der Waals surface area contributed by atoms with Gasteiger partial charge in [-0.1, -0.05) is 44.5 Å². The fraction of sp³-hybridized carbons (Fsp3) is 0.417. The van der Waals surface area contributed by atoms with Crippen LogP contribution < -0.4 is 9.13 Å². The van der Waals surface area contributed by atoms with Crippen LogP contribution in [0.1, 0.15) is 106 Å². The predicted octanol–water partition coefficient (Wildman–Crippen LogP) is 8.23. The van der Waals surface area contributed by atoms with Crippen molar-refractivity contribution in [3.8, 4) is 11.3 Å². The number of pyridine rings is 2. The van der Waals surface area contributed by atoms with Gasteiger partial charge in [-0.3, -0.25) is 5.41 Å². The zero-order chi connectivity index (χ0) is 28.6. The van der Waals surface area contributed by atoms with Crippen LogP contribution in [0, 0.1) is 19.3 Å². The Hall–Kier alpha value is -3.53. The molecule has 4 nitrogen and oxygen atoms in total. The summed E-state index contributed by atoms with van der Waals surface area (Å²) >= 11 is 0. The molecular weight excluding hydrogens is 490 g/mol. The van der Waals surface area contributed by atoms with Crippen LogP contribution in [-0.2, 0) is 4.74 Å². The van der Waals surface area contributed by atoms with E-state index in [2.05, 4.69) is 98.6 Å². The van der Waals surface area contributed by atoms with Crippen LogP contribution in [0.4, 0.5) is 0 Å². The number of nitrogens with one attached hydrogen (secondary N) is 1. The molecule has 40 heavy (non-hydrogen) atoms. The third-order valence-electron chi connectivity index (χ3n) is 9.21. The van der Waals surface area contributed by atoms with E-state index in [1.807, 2.05) is 0 Å². The maximum absolute atomic E-state index is 8.03. The Balaban J connectivity index is 1.81. The van der Waals surface area contributed by atoms with Crippen molar-refractivity contribution in [2.75, 3.05) is 6.61 Å². The average molecular weight is 536 g/mol. The molecule has 208 valence electrons. The first kappa shape index (κ1) is 28.0. The first-order chi connectivity index (χ1) is 19.3. The lowest BCUT2D eigenvalue weighted by molar-refractivity contribution is -0.720. The van der Waals surface area contributed by atoms with E-state index in [1.165, 1.54) is 44.7 Å². The lowest BCUT2D eigenvalue weighted by Gasteiger charge is -2.30. The normalized spacial score (nSPS) is 20.0. The van der Waals surface area contributed by atoms with Gasteiger partial charge in [0.1, 0.15) is 12.5 Å². The zero-order valence-electron chi connectivity index (χ0n) is 25.2. The van der Waals surface area contributed by atoms with E-state index >= 15 is 0 Å².